The van der Waals surface area contributed by atoms with E-state index >= 15 is 0 Å². The van der Waals surface area contributed by atoms with Crippen LogP contribution in [0.1, 0.15) is 5.69 Å². The highest BCUT2D eigenvalue weighted by Crippen LogP contribution is 2.18. The maximum absolute atomic E-state index is 10.6. The molecule has 0 saturated carbocycles. The van der Waals surface area contributed by atoms with E-state index in [2.05, 4.69) is 5.16 Å². The van der Waals surface area contributed by atoms with Crippen LogP contribution in [0.15, 0.2) is 28.8 Å². The first-order chi connectivity index (χ1) is 7.06. The van der Waals surface area contributed by atoms with Gasteiger partial charge in [-0.1, -0.05) is 17.3 Å². The summed E-state index contributed by atoms with van der Waals surface area (Å²) in [5, 5.41) is 4.53. The van der Waals surface area contributed by atoms with Crippen LogP contribution in [0.2, 0.25) is 0 Å². The van der Waals surface area contributed by atoms with E-state index in [1.807, 2.05) is 6.07 Å². The minimum atomic E-state index is -3.95. The van der Waals surface area contributed by atoms with Crippen molar-refractivity contribution >= 4 is 21.1 Å². The second-order valence-corrected chi connectivity index (χ2v) is 4.73. The van der Waals surface area contributed by atoms with Crippen molar-refractivity contribution in [1.29, 1.82) is 0 Å². The average Bonchev–Trinajstić information content (AvgIpc) is 2.57. The van der Waals surface area contributed by atoms with Crippen LogP contribution in [0.4, 0.5) is 0 Å². The molecule has 0 unspecified atom stereocenters. The highest BCUT2D eigenvalue weighted by Gasteiger charge is 2.11. The molecule has 6 heteroatoms. The lowest BCUT2D eigenvalue weighted by atomic mass is 10.2. The Morgan fingerprint density at radius 1 is 1.33 bits per heavy atom. The van der Waals surface area contributed by atoms with Crippen molar-refractivity contribution in [2.24, 2.45) is 0 Å². The molecule has 1 heterocycles. The third kappa shape index (κ3) is 2.34. The Balaban J connectivity index is 2.29. The van der Waals surface area contributed by atoms with E-state index in [0.29, 0.717) is 11.3 Å². The van der Waals surface area contributed by atoms with Gasteiger partial charge in [0.05, 0.1) is 11.4 Å². The van der Waals surface area contributed by atoms with Gasteiger partial charge in [0.15, 0.2) is 5.58 Å². The molecule has 0 bridgehead atoms. The Kier molecular flexibility index (Phi) is 2.45. The smallest absolute Gasteiger partial charge is 0.265 e. The fraction of sp³-hybridized carbons (Fsp3) is 0.222. The van der Waals surface area contributed by atoms with Crippen LogP contribution in [-0.2, 0) is 16.5 Å². The predicted octanol–water partition coefficient (Wildman–Crippen LogP) is 1.26. The number of hydrogen-bond donors (Lipinski definition) is 1. The summed E-state index contributed by atoms with van der Waals surface area (Å²) in [5.41, 5.74) is 1.16. The molecule has 2 aromatic rings. The van der Waals surface area contributed by atoms with Crippen LogP contribution in [0, 0.1) is 0 Å². The fourth-order valence-electron chi connectivity index (χ4n) is 1.34. The molecule has 5 nitrogen and oxygen atoms in total. The Labute approximate surface area is 86.4 Å². The minimum absolute atomic E-state index is 0.149. The van der Waals surface area contributed by atoms with Crippen LogP contribution in [-0.4, -0.2) is 23.9 Å². The van der Waals surface area contributed by atoms with E-state index in [9.17, 15) is 8.42 Å². The van der Waals surface area contributed by atoms with Crippen LogP contribution < -0.4 is 0 Å². The van der Waals surface area contributed by atoms with E-state index in [1.165, 1.54) is 0 Å². The van der Waals surface area contributed by atoms with Crippen molar-refractivity contribution in [3.05, 3.63) is 30.0 Å². The Morgan fingerprint density at radius 3 is 2.80 bits per heavy atom. The molecule has 80 valence electrons. The molecular weight excluding hydrogens is 218 g/mol. The van der Waals surface area contributed by atoms with Gasteiger partial charge in [-0.2, -0.15) is 8.42 Å². The lowest BCUT2D eigenvalue weighted by Gasteiger charge is -1.93. The monoisotopic (exact) mass is 227 g/mol. The number of hydrogen-bond acceptors (Lipinski definition) is 4. The van der Waals surface area contributed by atoms with Gasteiger partial charge in [0.2, 0.25) is 0 Å². The van der Waals surface area contributed by atoms with Gasteiger partial charge in [-0.25, -0.2) is 0 Å². The van der Waals surface area contributed by atoms with E-state index < -0.39 is 10.1 Å². The van der Waals surface area contributed by atoms with E-state index in [1.54, 1.807) is 18.2 Å². The molecule has 1 N–H and O–H groups in total. The summed E-state index contributed by atoms with van der Waals surface area (Å²) in [4.78, 5) is 0. The second-order valence-electron chi connectivity index (χ2n) is 3.16. The summed E-state index contributed by atoms with van der Waals surface area (Å²) in [6.07, 6.45) is 0.149. The molecule has 0 saturated heterocycles. The van der Waals surface area contributed by atoms with E-state index in [4.69, 9.17) is 9.08 Å². The molecule has 0 aliphatic rings. The largest absolute Gasteiger partial charge is 0.356 e. The van der Waals surface area contributed by atoms with Gasteiger partial charge in [0, 0.05) is 11.8 Å². The fourth-order valence-corrected chi connectivity index (χ4v) is 1.80. The molecule has 2 rings (SSSR count). The van der Waals surface area contributed by atoms with Crippen molar-refractivity contribution in [2.75, 3.05) is 5.75 Å². The second kappa shape index (κ2) is 3.63. The SMILES string of the molecule is O=S(=O)(O)CCc1noc2ccccc12. The van der Waals surface area contributed by atoms with Crippen LogP contribution >= 0.6 is 0 Å². The molecule has 0 fully saturated rings. The highest BCUT2D eigenvalue weighted by molar-refractivity contribution is 7.85. The predicted molar refractivity (Wildman–Crippen MR) is 54.1 cm³/mol. The lowest BCUT2D eigenvalue weighted by Crippen LogP contribution is -2.06. The summed E-state index contributed by atoms with van der Waals surface area (Å²) >= 11 is 0. The third-order valence-electron chi connectivity index (χ3n) is 2.05. The van der Waals surface area contributed by atoms with Gasteiger partial charge in [0.1, 0.15) is 0 Å². The number of para-hydroxylation sites is 1. The van der Waals surface area contributed by atoms with E-state index in [0.717, 1.165) is 5.39 Å². The average molecular weight is 227 g/mol. The molecule has 1 aromatic heterocycles. The van der Waals surface area contributed by atoms with Gasteiger partial charge < -0.3 is 4.52 Å². The number of nitrogens with zero attached hydrogens (tertiary/aromatic N) is 1. The maximum atomic E-state index is 10.6. The number of benzene rings is 1. The summed E-state index contributed by atoms with van der Waals surface area (Å²) in [7, 11) is -3.95. The summed E-state index contributed by atoms with van der Waals surface area (Å²) < 4.78 is 34.7. The Morgan fingerprint density at radius 2 is 2.07 bits per heavy atom. The molecular formula is C9H9NO4S. The summed E-state index contributed by atoms with van der Waals surface area (Å²) in [5.74, 6) is -0.344. The van der Waals surface area contributed by atoms with Gasteiger partial charge in [-0.3, -0.25) is 4.55 Å². The molecule has 1 aromatic carbocycles. The Hall–Kier alpha value is -1.40. The Bertz CT molecular complexity index is 573. The van der Waals surface area contributed by atoms with Gasteiger partial charge in [0.25, 0.3) is 10.1 Å². The topological polar surface area (TPSA) is 80.4 Å². The highest BCUT2D eigenvalue weighted by atomic mass is 32.2. The number of aromatic nitrogens is 1. The molecule has 15 heavy (non-hydrogen) atoms. The van der Waals surface area contributed by atoms with Crippen molar-refractivity contribution < 1.29 is 17.5 Å². The molecule has 0 aliphatic carbocycles. The molecule has 0 spiro atoms. The number of fused-ring (bicyclic) bond motifs is 1. The summed E-state index contributed by atoms with van der Waals surface area (Å²) in [6.45, 7) is 0. The zero-order chi connectivity index (χ0) is 10.9. The molecule has 0 aliphatic heterocycles. The standard InChI is InChI=1S/C9H9NO4S/c11-15(12,13)6-5-8-7-3-1-2-4-9(7)14-10-8/h1-4H,5-6H2,(H,11,12,13). The maximum Gasteiger partial charge on any atom is 0.265 e. The molecule has 0 amide bonds. The van der Waals surface area contributed by atoms with Crippen molar-refractivity contribution in [3.8, 4) is 0 Å². The van der Waals surface area contributed by atoms with Crippen LogP contribution in [0.25, 0.3) is 11.0 Å². The minimum Gasteiger partial charge on any atom is -0.356 e. The van der Waals surface area contributed by atoms with Crippen molar-refractivity contribution in [2.45, 2.75) is 6.42 Å². The van der Waals surface area contributed by atoms with Crippen molar-refractivity contribution in [1.82, 2.24) is 5.16 Å². The van der Waals surface area contributed by atoms with Crippen LogP contribution in [0.5, 0.6) is 0 Å². The zero-order valence-corrected chi connectivity index (χ0v) is 8.57. The first-order valence-electron chi connectivity index (χ1n) is 4.35. The molecule has 0 atom stereocenters. The quantitative estimate of drug-likeness (QED) is 0.798. The number of rotatable bonds is 3. The van der Waals surface area contributed by atoms with Gasteiger partial charge >= 0.3 is 0 Å². The zero-order valence-electron chi connectivity index (χ0n) is 7.75. The van der Waals surface area contributed by atoms with Crippen molar-refractivity contribution in [3.63, 3.8) is 0 Å². The van der Waals surface area contributed by atoms with E-state index in [-0.39, 0.29) is 12.2 Å². The first kappa shape index (κ1) is 10.1. The van der Waals surface area contributed by atoms with Gasteiger partial charge in [-0.15, -0.1) is 0 Å². The lowest BCUT2D eigenvalue weighted by molar-refractivity contribution is 0.445. The normalized spacial score (nSPS) is 12.1. The number of aryl methyl sites for hydroxylation is 1. The van der Waals surface area contributed by atoms with Crippen LogP contribution in [0.3, 0.4) is 0 Å². The third-order valence-corrected chi connectivity index (χ3v) is 2.77. The molecule has 0 radical (unpaired) electrons. The first-order valence-corrected chi connectivity index (χ1v) is 5.95. The summed E-state index contributed by atoms with van der Waals surface area (Å²) in [6, 6.07) is 7.17. The van der Waals surface area contributed by atoms with Gasteiger partial charge in [-0.05, 0) is 12.1 Å².